The number of carbonyl (C=O) groups excluding carboxylic acids is 2. The average Bonchev–Trinajstić information content (AvgIpc) is 2.29. The Balaban J connectivity index is 2.02. The second-order valence-corrected chi connectivity index (χ2v) is 5.12. The third-order valence-corrected chi connectivity index (χ3v) is 3.65. The van der Waals surface area contributed by atoms with E-state index in [1.54, 1.807) is 0 Å². The number of rotatable bonds is 4. The number of carboxylic acids is 1. The van der Waals surface area contributed by atoms with Crippen molar-refractivity contribution in [3.8, 4) is 0 Å². The average molecular weight is 267 g/mol. The van der Waals surface area contributed by atoms with Crippen LogP contribution in [-0.2, 0) is 14.4 Å². The highest BCUT2D eigenvalue weighted by atomic mass is 16.4. The van der Waals surface area contributed by atoms with E-state index in [1.165, 1.54) is 7.05 Å². The molecule has 0 atom stereocenters. The van der Waals surface area contributed by atoms with Gasteiger partial charge in [0, 0.05) is 19.9 Å². The molecule has 0 radical (unpaired) electrons. The summed E-state index contributed by atoms with van der Waals surface area (Å²) < 4.78 is 0. The normalized spacial score (nSPS) is 21.4. The van der Waals surface area contributed by atoms with E-state index in [0.717, 1.165) is 11.4 Å². The van der Waals surface area contributed by atoms with Gasteiger partial charge in [-0.3, -0.25) is 14.4 Å². The van der Waals surface area contributed by atoms with Crippen molar-refractivity contribution in [1.29, 1.82) is 0 Å². The van der Waals surface area contributed by atoms with Crippen LogP contribution in [0.2, 0.25) is 0 Å². The summed E-state index contributed by atoms with van der Waals surface area (Å²) >= 11 is 0. The van der Waals surface area contributed by atoms with Crippen molar-refractivity contribution in [2.45, 2.75) is 44.1 Å². The fraction of sp³-hybridized carbons (Fsp3) is 0.667. The summed E-state index contributed by atoms with van der Waals surface area (Å²) in [7, 11) is 1.51. The minimum absolute atomic E-state index is 0.0687. The van der Waals surface area contributed by atoms with E-state index in [9.17, 15) is 14.4 Å². The molecule has 0 spiro atoms. The fourth-order valence-corrected chi connectivity index (χ4v) is 2.38. The van der Waals surface area contributed by atoms with Gasteiger partial charge in [-0.2, -0.15) is 5.10 Å². The van der Waals surface area contributed by atoms with Gasteiger partial charge in [0.05, 0.1) is 12.0 Å². The van der Waals surface area contributed by atoms with Crippen molar-refractivity contribution in [3.63, 3.8) is 0 Å². The second-order valence-electron chi connectivity index (χ2n) is 5.12. The van der Waals surface area contributed by atoms with Crippen LogP contribution in [0.4, 0.5) is 0 Å². The summed E-state index contributed by atoms with van der Waals surface area (Å²) in [5, 5.41) is 16.7. The standard InChI is InChI=1S/C12H17N3O4/c1-15-9(16)4-3-8(14-15)11(19)13-12(5-2-6-12)7-10(17)18/h2-7H2,1H3,(H,13,19)(H,17,18). The van der Waals surface area contributed by atoms with Gasteiger partial charge in [-0.05, 0) is 19.3 Å². The molecular formula is C12H17N3O4. The molecule has 2 aliphatic rings. The molecule has 2 rings (SSSR count). The molecule has 0 aromatic carbocycles. The SMILES string of the molecule is CN1N=C(C(=O)NC2(CC(=O)O)CCC2)CCC1=O. The van der Waals surface area contributed by atoms with Crippen LogP contribution in [0.5, 0.6) is 0 Å². The van der Waals surface area contributed by atoms with Crippen molar-refractivity contribution in [1.82, 2.24) is 10.3 Å². The van der Waals surface area contributed by atoms with E-state index in [2.05, 4.69) is 10.4 Å². The smallest absolute Gasteiger partial charge is 0.305 e. The van der Waals surface area contributed by atoms with Crippen molar-refractivity contribution in [2.75, 3.05) is 7.05 Å². The highest BCUT2D eigenvalue weighted by Gasteiger charge is 2.41. The predicted molar refractivity (Wildman–Crippen MR) is 66.4 cm³/mol. The summed E-state index contributed by atoms with van der Waals surface area (Å²) in [6, 6.07) is 0. The Labute approximate surface area is 110 Å². The highest BCUT2D eigenvalue weighted by molar-refractivity contribution is 6.39. The zero-order valence-corrected chi connectivity index (χ0v) is 10.8. The van der Waals surface area contributed by atoms with E-state index in [1.807, 2.05) is 0 Å². The van der Waals surface area contributed by atoms with Crippen molar-refractivity contribution in [2.24, 2.45) is 5.10 Å². The van der Waals surface area contributed by atoms with E-state index in [4.69, 9.17) is 5.11 Å². The maximum Gasteiger partial charge on any atom is 0.305 e. The molecule has 7 heteroatoms. The Morgan fingerprint density at radius 2 is 2.11 bits per heavy atom. The molecule has 0 aromatic heterocycles. The van der Waals surface area contributed by atoms with Crippen LogP contribution >= 0.6 is 0 Å². The van der Waals surface area contributed by atoms with E-state index in [0.29, 0.717) is 25.0 Å². The van der Waals surface area contributed by atoms with Gasteiger partial charge in [-0.25, -0.2) is 5.01 Å². The number of carbonyl (C=O) groups is 3. The number of hydrogen-bond acceptors (Lipinski definition) is 4. The maximum atomic E-state index is 12.1. The number of aliphatic carboxylic acids is 1. The summed E-state index contributed by atoms with van der Waals surface area (Å²) in [4.78, 5) is 34.2. The lowest BCUT2D eigenvalue weighted by Crippen LogP contribution is -2.56. The molecule has 1 aliphatic heterocycles. The Bertz CT molecular complexity index is 454. The molecule has 0 aromatic rings. The Morgan fingerprint density at radius 1 is 1.42 bits per heavy atom. The van der Waals surface area contributed by atoms with Gasteiger partial charge in [0.1, 0.15) is 5.71 Å². The van der Waals surface area contributed by atoms with Gasteiger partial charge in [0.2, 0.25) is 5.91 Å². The molecule has 104 valence electrons. The number of hydrazone groups is 1. The van der Waals surface area contributed by atoms with Gasteiger partial charge in [-0.1, -0.05) is 0 Å². The van der Waals surface area contributed by atoms with Gasteiger partial charge < -0.3 is 10.4 Å². The number of nitrogens with one attached hydrogen (secondary N) is 1. The molecule has 0 unspecified atom stereocenters. The zero-order chi connectivity index (χ0) is 14.0. The van der Waals surface area contributed by atoms with Gasteiger partial charge in [0.25, 0.3) is 5.91 Å². The second kappa shape index (κ2) is 4.99. The molecule has 7 nitrogen and oxygen atoms in total. The van der Waals surface area contributed by atoms with Crippen LogP contribution in [0.3, 0.4) is 0 Å². The van der Waals surface area contributed by atoms with Crippen molar-refractivity contribution >= 4 is 23.5 Å². The molecule has 1 heterocycles. The van der Waals surface area contributed by atoms with Crippen molar-refractivity contribution < 1.29 is 19.5 Å². The fourth-order valence-electron chi connectivity index (χ4n) is 2.38. The van der Waals surface area contributed by atoms with Crippen LogP contribution in [0.1, 0.15) is 38.5 Å². The predicted octanol–water partition coefficient (Wildman–Crippen LogP) is 0.108. The van der Waals surface area contributed by atoms with E-state index < -0.39 is 11.5 Å². The Morgan fingerprint density at radius 3 is 2.58 bits per heavy atom. The van der Waals surface area contributed by atoms with Crippen LogP contribution in [-0.4, -0.2) is 46.2 Å². The monoisotopic (exact) mass is 267 g/mol. The topological polar surface area (TPSA) is 99.1 Å². The summed E-state index contributed by atoms with van der Waals surface area (Å²) in [5.74, 6) is -1.40. The lowest BCUT2D eigenvalue weighted by molar-refractivity contribution is -0.140. The van der Waals surface area contributed by atoms with Crippen molar-refractivity contribution in [3.05, 3.63) is 0 Å². The summed E-state index contributed by atoms with van der Waals surface area (Å²) in [6.07, 6.45) is 2.76. The van der Waals surface area contributed by atoms with Crippen LogP contribution in [0, 0.1) is 0 Å². The highest BCUT2D eigenvalue weighted by Crippen LogP contribution is 2.35. The zero-order valence-electron chi connectivity index (χ0n) is 10.8. The maximum absolute atomic E-state index is 12.1. The lowest BCUT2D eigenvalue weighted by atomic mass is 9.74. The third-order valence-electron chi connectivity index (χ3n) is 3.65. The molecular weight excluding hydrogens is 250 g/mol. The first-order valence-electron chi connectivity index (χ1n) is 6.30. The first-order valence-corrected chi connectivity index (χ1v) is 6.30. The molecule has 1 fully saturated rings. The van der Waals surface area contributed by atoms with Crippen LogP contribution in [0.15, 0.2) is 5.10 Å². The van der Waals surface area contributed by atoms with E-state index >= 15 is 0 Å². The lowest BCUT2D eigenvalue weighted by Gasteiger charge is -2.41. The molecule has 19 heavy (non-hydrogen) atoms. The number of amides is 2. The first-order chi connectivity index (χ1) is 8.92. The minimum atomic E-state index is -0.919. The van der Waals surface area contributed by atoms with Crippen LogP contribution < -0.4 is 5.32 Å². The molecule has 1 aliphatic carbocycles. The molecule has 0 saturated heterocycles. The number of hydrogen-bond donors (Lipinski definition) is 2. The Hall–Kier alpha value is -1.92. The van der Waals surface area contributed by atoms with Gasteiger partial charge in [-0.15, -0.1) is 0 Å². The molecule has 2 amide bonds. The number of nitrogens with zero attached hydrogens (tertiary/aromatic N) is 2. The first kappa shape index (κ1) is 13.5. The van der Waals surface area contributed by atoms with Gasteiger partial charge >= 0.3 is 5.97 Å². The van der Waals surface area contributed by atoms with Gasteiger partial charge in [0.15, 0.2) is 0 Å². The Kier molecular flexibility index (Phi) is 3.55. The minimum Gasteiger partial charge on any atom is -0.481 e. The molecule has 1 saturated carbocycles. The quantitative estimate of drug-likeness (QED) is 0.755. The number of carboxylic acid groups (broad SMARTS) is 1. The molecule has 0 bridgehead atoms. The largest absolute Gasteiger partial charge is 0.481 e. The van der Waals surface area contributed by atoms with E-state index in [-0.39, 0.29) is 24.7 Å². The summed E-state index contributed by atoms with van der Waals surface area (Å²) in [5.41, 5.74) is -0.343. The third kappa shape index (κ3) is 2.91. The summed E-state index contributed by atoms with van der Waals surface area (Å²) in [6.45, 7) is 0. The van der Waals surface area contributed by atoms with Crippen LogP contribution in [0.25, 0.3) is 0 Å². The molecule has 2 N–H and O–H groups in total.